The number of halogens is 4. The van der Waals surface area contributed by atoms with Crippen LogP contribution in [0.5, 0.6) is 0 Å². The molecule has 2 aromatic rings. The van der Waals surface area contributed by atoms with Crippen LogP contribution in [-0.4, -0.2) is 25.4 Å². The fourth-order valence-electron chi connectivity index (χ4n) is 2.29. The van der Waals surface area contributed by atoms with Crippen LogP contribution in [0.4, 0.5) is 17.6 Å². The maximum Gasteiger partial charge on any atom is 0.409 e. The minimum Gasteiger partial charge on any atom is -0.207 e. The molecule has 1 heterocycles. The van der Waals surface area contributed by atoms with Gasteiger partial charge in [0, 0.05) is 6.54 Å². The molecule has 10 heteroatoms. The van der Waals surface area contributed by atoms with Crippen molar-refractivity contribution in [1.82, 2.24) is 4.31 Å². The second-order valence-corrected chi connectivity index (χ2v) is 8.14. The van der Waals surface area contributed by atoms with Crippen molar-refractivity contribution in [2.45, 2.75) is 23.4 Å². The van der Waals surface area contributed by atoms with E-state index in [-0.39, 0.29) is 9.09 Å². The number of alkyl halides is 3. The van der Waals surface area contributed by atoms with Crippen LogP contribution in [0.15, 0.2) is 40.6 Å². The van der Waals surface area contributed by atoms with Crippen molar-refractivity contribution in [2.24, 2.45) is 0 Å². The fourth-order valence-corrected chi connectivity index (χ4v) is 5.13. The highest BCUT2D eigenvalue weighted by atomic mass is 32.2. The molecule has 0 saturated carbocycles. The SMILES string of the molecule is CCN([C@H](c1ccc(F)cc1)C(F)(F)F)S(=O)(=O)c1ccc(C#N)s1. The van der Waals surface area contributed by atoms with Gasteiger partial charge in [0.2, 0.25) is 0 Å². The number of benzene rings is 1. The molecule has 0 fully saturated rings. The molecule has 0 amide bonds. The summed E-state index contributed by atoms with van der Waals surface area (Å²) in [7, 11) is -4.49. The zero-order valence-corrected chi connectivity index (χ0v) is 14.4. The lowest BCUT2D eigenvalue weighted by molar-refractivity contribution is -0.173. The lowest BCUT2D eigenvalue weighted by Crippen LogP contribution is -2.42. The van der Waals surface area contributed by atoms with E-state index in [2.05, 4.69) is 0 Å². The fraction of sp³-hybridized carbons (Fsp3) is 0.267. The molecule has 1 aromatic heterocycles. The first-order valence-corrected chi connectivity index (χ1v) is 9.21. The third-order valence-corrected chi connectivity index (χ3v) is 6.75. The molecule has 0 aliphatic heterocycles. The maximum absolute atomic E-state index is 13.6. The summed E-state index contributed by atoms with van der Waals surface area (Å²) in [6, 6.07) is 5.10. The highest BCUT2D eigenvalue weighted by Crippen LogP contribution is 2.41. The van der Waals surface area contributed by atoms with Gasteiger partial charge in [-0.05, 0) is 29.8 Å². The second kappa shape index (κ2) is 7.11. The van der Waals surface area contributed by atoms with Gasteiger partial charge in [0.25, 0.3) is 10.0 Å². The molecule has 0 spiro atoms. The summed E-state index contributed by atoms with van der Waals surface area (Å²) in [6.45, 7) is 0.822. The molecule has 134 valence electrons. The standard InChI is InChI=1S/C15H12F4N2O2S2/c1-2-21(25(22,23)13-8-7-12(9-20)24-13)14(15(17,18)19)10-3-5-11(16)6-4-10/h3-8,14H,2H2,1H3/t14-/m1/s1. The van der Waals surface area contributed by atoms with Gasteiger partial charge in [-0.15, -0.1) is 11.3 Å². The second-order valence-electron chi connectivity index (χ2n) is 4.93. The lowest BCUT2D eigenvalue weighted by atomic mass is 10.1. The Morgan fingerprint density at radius 2 is 1.80 bits per heavy atom. The van der Waals surface area contributed by atoms with Crippen molar-refractivity contribution < 1.29 is 26.0 Å². The zero-order chi connectivity index (χ0) is 18.8. The molecule has 25 heavy (non-hydrogen) atoms. The molecule has 0 aliphatic rings. The molecule has 0 bridgehead atoms. The van der Waals surface area contributed by atoms with Crippen LogP contribution < -0.4 is 0 Å². The maximum atomic E-state index is 13.6. The van der Waals surface area contributed by atoms with Crippen molar-refractivity contribution in [3.63, 3.8) is 0 Å². The average Bonchev–Trinajstić information content (AvgIpc) is 3.02. The average molecular weight is 392 g/mol. The Morgan fingerprint density at radius 1 is 1.20 bits per heavy atom. The third-order valence-electron chi connectivity index (χ3n) is 3.35. The van der Waals surface area contributed by atoms with E-state index in [1.54, 1.807) is 6.07 Å². The van der Waals surface area contributed by atoms with E-state index in [1.165, 1.54) is 13.0 Å². The first-order chi connectivity index (χ1) is 11.6. The van der Waals surface area contributed by atoms with E-state index in [0.717, 1.165) is 30.3 Å². The quantitative estimate of drug-likeness (QED) is 0.721. The van der Waals surface area contributed by atoms with Gasteiger partial charge in [0.1, 0.15) is 27.0 Å². The van der Waals surface area contributed by atoms with E-state index in [1.807, 2.05) is 0 Å². The number of nitriles is 1. The van der Waals surface area contributed by atoms with Crippen molar-refractivity contribution in [3.05, 3.63) is 52.7 Å². The van der Waals surface area contributed by atoms with Crippen molar-refractivity contribution in [1.29, 1.82) is 5.26 Å². The van der Waals surface area contributed by atoms with Crippen LogP contribution in [0.25, 0.3) is 0 Å². The van der Waals surface area contributed by atoms with Crippen molar-refractivity contribution in [3.8, 4) is 6.07 Å². The molecular formula is C15H12F4N2O2S2. The predicted molar refractivity (Wildman–Crippen MR) is 83.8 cm³/mol. The third kappa shape index (κ3) is 4.00. The smallest absolute Gasteiger partial charge is 0.207 e. The first-order valence-electron chi connectivity index (χ1n) is 6.95. The summed E-state index contributed by atoms with van der Waals surface area (Å²) in [5, 5.41) is 8.79. The summed E-state index contributed by atoms with van der Waals surface area (Å²) >= 11 is 0.591. The summed E-state index contributed by atoms with van der Waals surface area (Å²) in [5.74, 6) is -0.729. The van der Waals surface area contributed by atoms with Crippen molar-refractivity contribution in [2.75, 3.05) is 6.54 Å². The number of sulfonamides is 1. The molecule has 0 aliphatic carbocycles. The van der Waals surface area contributed by atoms with Gasteiger partial charge in [0.05, 0.1) is 0 Å². The molecular weight excluding hydrogens is 380 g/mol. The van der Waals surface area contributed by atoms with Crippen LogP contribution in [0.3, 0.4) is 0 Å². The van der Waals surface area contributed by atoms with Crippen LogP contribution >= 0.6 is 11.3 Å². The molecule has 1 aromatic carbocycles. The molecule has 0 unspecified atom stereocenters. The van der Waals surface area contributed by atoms with Gasteiger partial charge in [0.15, 0.2) is 0 Å². The molecule has 1 atom stereocenters. The Bertz CT molecular complexity index is 883. The first kappa shape index (κ1) is 19.4. The van der Waals surface area contributed by atoms with E-state index < -0.39 is 40.2 Å². The molecule has 4 nitrogen and oxygen atoms in total. The zero-order valence-electron chi connectivity index (χ0n) is 12.8. The summed E-state index contributed by atoms with van der Waals surface area (Å²) in [4.78, 5) is 0.0694. The van der Waals surface area contributed by atoms with Gasteiger partial charge in [-0.2, -0.15) is 22.7 Å². The van der Waals surface area contributed by atoms with E-state index in [0.29, 0.717) is 15.6 Å². The van der Waals surface area contributed by atoms with Crippen LogP contribution in [0.1, 0.15) is 23.4 Å². The minimum atomic E-state index is -4.91. The predicted octanol–water partition coefficient (Wildman–Crippen LogP) is 4.07. The Morgan fingerprint density at radius 3 is 2.24 bits per heavy atom. The van der Waals surface area contributed by atoms with E-state index >= 15 is 0 Å². The molecule has 0 N–H and O–H groups in total. The highest BCUT2D eigenvalue weighted by molar-refractivity contribution is 7.91. The molecule has 0 radical (unpaired) electrons. The summed E-state index contributed by atoms with van der Waals surface area (Å²) in [5.41, 5.74) is -0.392. The van der Waals surface area contributed by atoms with E-state index in [4.69, 9.17) is 5.26 Å². The summed E-state index contributed by atoms with van der Waals surface area (Å²) in [6.07, 6.45) is -4.91. The van der Waals surface area contributed by atoms with Crippen molar-refractivity contribution >= 4 is 21.4 Å². The Kier molecular flexibility index (Phi) is 5.51. The number of hydrogen-bond acceptors (Lipinski definition) is 4. The number of rotatable bonds is 5. The van der Waals surface area contributed by atoms with Gasteiger partial charge in [-0.3, -0.25) is 0 Å². The summed E-state index contributed by atoms with van der Waals surface area (Å²) < 4.78 is 79.2. The largest absolute Gasteiger partial charge is 0.409 e. The van der Waals surface area contributed by atoms with Gasteiger partial charge < -0.3 is 0 Å². The Hall–Kier alpha value is -1.96. The number of hydrogen-bond donors (Lipinski definition) is 0. The van der Waals surface area contributed by atoms with Gasteiger partial charge in [-0.25, -0.2) is 12.8 Å². The van der Waals surface area contributed by atoms with Crippen LogP contribution in [0.2, 0.25) is 0 Å². The topological polar surface area (TPSA) is 61.2 Å². The van der Waals surface area contributed by atoms with Gasteiger partial charge >= 0.3 is 6.18 Å². The Labute approximate surface area is 146 Å². The molecule has 2 rings (SSSR count). The lowest BCUT2D eigenvalue weighted by Gasteiger charge is -2.31. The van der Waals surface area contributed by atoms with Crippen LogP contribution in [-0.2, 0) is 10.0 Å². The minimum absolute atomic E-state index is 0.0694. The monoisotopic (exact) mass is 392 g/mol. The number of nitrogens with zero attached hydrogens (tertiary/aromatic N) is 2. The van der Waals surface area contributed by atoms with Crippen LogP contribution in [0, 0.1) is 17.1 Å². The number of thiophene rings is 1. The van der Waals surface area contributed by atoms with Gasteiger partial charge in [-0.1, -0.05) is 19.1 Å². The highest BCUT2D eigenvalue weighted by Gasteiger charge is 2.49. The van der Waals surface area contributed by atoms with E-state index in [9.17, 15) is 26.0 Å². The normalized spacial score (nSPS) is 13.6. The molecule has 0 saturated heterocycles. The Balaban J connectivity index is 2.57.